The lowest BCUT2D eigenvalue weighted by molar-refractivity contribution is 0.102. The zero-order valence-corrected chi connectivity index (χ0v) is 17.7. The van der Waals surface area contributed by atoms with Gasteiger partial charge < -0.3 is 9.73 Å². The lowest BCUT2D eigenvalue weighted by Crippen LogP contribution is -2.31. The average Bonchev–Trinajstić information content (AvgIpc) is 3.53. The van der Waals surface area contributed by atoms with Crippen molar-refractivity contribution in [1.82, 2.24) is 9.88 Å². The van der Waals surface area contributed by atoms with Crippen molar-refractivity contribution in [2.24, 2.45) is 0 Å². The number of nitrogens with one attached hydrogen (secondary N) is 1. The minimum atomic E-state index is -0.200. The second-order valence-electron chi connectivity index (χ2n) is 7.92. The van der Waals surface area contributed by atoms with Crippen LogP contribution in [0.4, 0.5) is 5.69 Å². The Labute approximate surface area is 180 Å². The number of benzene rings is 2. The average molecular weight is 420 g/mol. The maximum Gasteiger partial charge on any atom is 0.277 e. The van der Waals surface area contributed by atoms with Crippen LogP contribution in [0.5, 0.6) is 0 Å². The minimum Gasteiger partial charge on any atom is -0.440 e. The SMILES string of the molecule is O=C(Nc1cccc(CN2CCSCC2)c1)c1nc(-c2ccccc2)oc1C1CC1. The van der Waals surface area contributed by atoms with Gasteiger partial charge in [0, 0.05) is 48.3 Å². The first kappa shape index (κ1) is 19.4. The van der Waals surface area contributed by atoms with Crippen LogP contribution in [0.2, 0.25) is 0 Å². The van der Waals surface area contributed by atoms with E-state index in [1.807, 2.05) is 54.2 Å². The molecule has 154 valence electrons. The first-order valence-electron chi connectivity index (χ1n) is 10.5. The molecule has 2 aromatic carbocycles. The second-order valence-corrected chi connectivity index (χ2v) is 9.14. The van der Waals surface area contributed by atoms with Crippen molar-refractivity contribution < 1.29 is 9.21 Å². The smallest absolute Gasteiger partial charge is 0.277 e. The number of carbonyl (C=O) groups excluding carboxylic acids is 1. The van der Waals surface area contributed by atoms with E-state index in [9.17, 15) is 4.79 Å². The molecule has 2 heterocycles. The molecule has 1 aliphatic heterocycles. The van der Waals surface area contributed by atoms with Crippen LogP contribution in [0.1, 0.15) is 40.6 Å². The molecule has 2 fully saturated rings. The van der Waals surface area contributed by atoms with E-state index in [-0.39, 0.29) is 5.91 Å². The van der Waals surface area contributed by atoms with Crippen LogP contribution in [0.3, 0.4) is 0 Å². The number of anilines is 1. The summed E-state index contributed by atoms with van der Waals surface area (Å²) >= 11 is 2.01. The quantitative estimate of drug-likeness (QED) is 0.608. The first-order valence-corrected chi connectivity index (χ1v) is 11.7. The summed E-state index contributed by atoms with van der Waals surface area (Å²) in [7, 11) is 0. The summed E-state index contributed by atoms with van der Waals surface area (Å²) in [6.45, 7) is 3.15. The minimum absolute atomic E-state index is 0.200. The summed E-state index contributed by atoms with van der Waals surface area (Å²) in [5.74, 6) is 3.72. The van der Waals surface area contributed by atoms with Crippen molar-refractivity contribution in [2.75, 3.05) is 29.9 Å². The number of hydrogen-bond donors (Lipinski definition) is 1. The van der Waals surface area contributed by atoms with E-state index in [0.29, 0.717) is 23.3 Å². The van der Waals surface area contributed by atoms with E-state index in [2.05, 4.69) is 27.3 Å². The van der Waals surface area contributed by atoms with Crippen molar-refractivity contribution in [3.63, 3.8) is 0 Å². The molecule has 30 heavy (non-hydrogen) atoms. The largest absolute Gasteiger partial charge is 0.440 e. The first-order chi connectivity index (χ1) is 14.8. The number of carbonyl (C=O) groups is 1. The lowest BCUT2D eigenvalue weighted by Gasteiger charge is -2.26. The van der Waals surface area contributed by atoms with E-state index < -0.39 is 0 Å². The van der Waals surface area contributed by atoms with Gasteiger partial charge in [0.25, 0.3) is 5.91 Å². The van der Waals surface area contributed by atoms with E-state index in [4.69, 9.17) is 4.42 Å². The van der Waals surface area contributed by atoms with Crippen LogP contribution < -0.4 is 5.32 Å². The molecule has 1 aliphatic carbocycles. The normalized spacial score (nSPS) is 17.1. The number of nitrogens with zero attached hydrogens (tertiary/aromatic N) is 2. The molecule has 1 saturated carbocycles. The zero-order valence-electron chi connectivity index (χ0n) is 16.8. The van der Waals surface area contributed by atoms with Gasteiger partial charge in [0.1, 0.15) is 5.76 Å². The van der Waals surface area contributed by atoms with Crippen LogP contribution in [-0.2, 0) is 6.54 Å². The molecule has 0 radical (unpaired) electrons. The maximum absolute atomic E-state index is 13.1. The molecular formula is C24H25N3O2S. The summed E-state index contributed by atoms with van der Waals surface area (Å²) in [6.07, 6.45) is 2.10. The second kappa shape index (κ2) is 8.66. The molecule has 6 heteroatoms. The van der Waals surface area contributed by atoms with Crippen LogP contribution in [0.15, 0.2) is 59.0 Å². The fraction of sp³-hybridized carbons (Fsp3) is 0.333. The molecule has 3 aromatic rings. The molecule has 5 nitrogen and oxygen atoms in total. The van der Waals surface area contributed by atoms with Gasteiger partial charge in [-0.05, 0) is 42.7 Å². The van der Waals surface area contributed by atoms with Gasteiger partial charge in [-0.25, -0.2) is 4.98 Å². The number of rotatable bonds is 6. The third-order valence-electron chi connectivity index (χ3n) is 5.53. The third-order valence-corrected chi connectivity index (χ3v) is 6.47. The number of amides is 1. The Bertz CT molecular complexity index is 1020. The predicted octanol–water partition coefficient (Wildman–Crippen LogP) is 5.02. The Balaban J connectivity index is 1.34. The van der Waals surface area contributed by atoms with Crippen molar-refractivity contribution >= 4 is 23.4 Å². The molecule has 0 bridgehead atoms. The van der Waals surface area contributed by atoms with Crippen LogP contribution in [-0.4, -0.2) is 40.4 Å². The highest BCUT2D eigenvalue weighted by molar-refractivity contribution is 7.99. The van der Waals surface area contributed by atoms with Crippen LogP contribution >= 0.6 is 11.8 Å². The lowest BCUT2D eigenvalue weighted by atomic mass is 10.1. The topological polar surface area (TPSA) is 58.4 Å². The van der Waals surface area contributed by atoms with Crippen molar-refractivity contribution in [2.45, 2.75) is 25.3 Å². The zero-order chi connectivity index (χ0) is 20.3. The Morgan fingerprint density at radius 2 is 1.90 bits per heavy atom. The number of aromatic nitrogens is 1. The molecule has 1 aromatic heterocycles. The standard InChI is InChI=1S/C24H25N3O2S/c28-23(25-20-8-4-5-17(15-20)16-27-11-13-30-14-12-27)21-22(18-9-10-18)29-24(26-21)19-6-2-1-3-7-19/h1-8,15,18H,9-14,16H2,(H,25,28). The summed E-state index contributed by atoms with van der Waals surface area (Å²) in [5.41, 5.74) is 3.32. The number of thioether (sulfide) groups is 1. The Kier molecular flexibility index (Phi) is 5.60. The van der Waals surface area contributed by atoms with Gasteiger partial charge in [-0.2, -0.15) is 11.8 Å². The van der Waals surface area contributed by atoms with Crippen molar-refractivity contribution in [3.05, 3.63) is 71.6 Å². The summed E-state index contributed by atoms with van der Waals surface area (Å²) in [4.78, 5) is 20.1. The predicted molar refractivity (Wildman–Crippen MR) is 121 cm³/mol. The van der Waals surface area contributed by atoms with Gasteiger partial charge in [0.2, 0.25) is 5.89 Å². The summed E-state index contributed by atoms with van der Waals surface area (Å²) < 4.78 is 6.03. The van der Waals surface area contributed by atoms with E-state index >= 15 is 0 Å². The maximum atomic E-state index is 13.1. The number of oxazole rings is 1. The van der Waals surface area contributed by atoms with Gasteiger partial charge in [0.15, 0.2) is 5.69 Å². The molecule has 0 unspecified atom stereocenters. The van der Waals surface area contributed by atoms with E-state index in [1.165, 1.54) is 17.1 Å². The molecule has 1 saturated heterocycles. The fourth-order valence-corrected chi connectivity index (χ4v) is 4.75. The van der Waals surface area contributed by atoms with Gasteiger partial charge in [0.05, 0.1) is 0 Å². The van der Waals surface area contributed by atoms with Crippen molar-refractivity contribution in [3.8, 4) is 11.5 Å². The fourth-order valence-electron chi connectivity index (χ4n) is 3.78. The highest BCUT2D eigenvalue weighted by atomic mass is 32.2. The monoisotopic (exact) mass is 419 g/mol. The van der Waals surface area contributed by atoms with Gasteiger partial charge >= 0.3 is 0 Å². The Morgan fingerprint density at radius 3 is 2.67 bits per heavy atom. The van der Waals surface area contributed by atoms with Crippen molar-refractivity contribution in [1.29, 1.82) is 0 Å². The van der Waals surface area contributed by atoms with Gasteiger partial charge in [-0.1, -0.05) is 30.3 Å². The molecule has 1 amide bonds. The summed E-state index contributed by atoms with van der Waals surface area (Å²) in [6, 6.07) is 17.9. The van der Waals surface area contributed by atoms with E-state index in [1.54, 1.807) is 0 Å². The molecule has 0 spiro atoms. The molecule has 0 atom stereocenters. The van der Waals surface area contributed by atoms with E-state index in [0.717, 1.165) is 43.7 Å². The Morgan fingerprint density at radius 1 is 1.10 bits per heavy atom. The molecular weight excluding hydrogens is 394 g/mol. The highest BCUT2D eigenvalue weighted by Crippen LogP contribution is 2.43. The highest BCUT2D eigenvalue weighted by Gasteiger charge is 2.34. The molecule has 5 rings (SSSR count). The van der Waals surface area contributed by atoms with Gasteiger partial charge in [-0.15, -0.1) is 0 Å². The molecule has 1 N–H and O–H groups in total. The number of hydrogen-bond acceptors (Lipinski definition) is 5. The molecule has 2 aliphatic rings. The summed E-state index contributed by atoms with van der Waals surface area (Å²) in [5, 5.41) is 3.04. The van der Waals surface area contributed by atoms with Crippen LogP contribution in [0, 0.1) is 0 Å². The van der Waals surface area contributed by atoms with Crippen LogP contribution in [0.25, 0.3) is 11.5 Å². The van der Waals surface area contributed by atoms with Gasteiger partial charge in [-0.3, -0.25) is 9.69 Å². The third kappa shape index (κ3) is 4.45. The Hall–Kier alpha value is -2.57.